The predicted octanol–water partition coefficient (Wildman–Crippen LogP) is 13.0. The summed E-state index contributed by atoms with van der Waals surface area (Å²) in [5, 5.41) is 0. The van der Waals surface area contributed by atoms with Gasteiger partial charge in [-0.15, -0.1) is 0 Å². The van der Waals surface area contributed by atoms with Gasteiger partial charge in [0.05, 0.1) is 11.1 Å². The molecule has 8 aromatic carbocycles. The molecule has 8 aromatic rings. The van der Waals surface area contributed by atoms with Crippen LogP contribution in [0.4, 0.5) is 28.4 Å². The van der Waals surface area contributed by atoms with Crippen LogP contribution in [0.25, 0.3) is 33.4 Å². The van der Waals surface area contributed by atoms with Gasteiger partial charge in [0.25, 0.3) is 0 Å². The van der Waals surface area contributed by atoms with E-state index >= 15 is 0 Å². The largest absolute Gasteiger partial charge is 0.376 e. The van der Waals surface area contributed by atoms with E-state index in [1.54, 1.807) is 0 Å². The quantitative estimate of drug-likeness (QED) is 0.154. The van der Waals surface area contributed by atoms with Crippen molar-refractivity contribution in [2.24, 2.45) is 0 Å². The van der Waals surface area contributed by atoms with Crippen LogP contribution in [-0.2, 0) is 16.2 Å². The Labute approximate surface area is 353 Å². The van der Waals surface area contributed by atoms with Crippen molar-refractivity contribution in [2.45, 2.75) is 57.8 Å². The number of benzene rings is 8. The Morgan fingerprint density at radius 1 is 0.483 bits per heavy atom. The van der Waals surface area contributed by atoms with Crippen molar-refractivity contribution < 1.29 is 0 Å². The molecule has 0 saturated carbocycles. The minimum absolute atomic E-state index is 0.0416. The molecule has 0 aromatic heterocycles. The van der Waals surface area contributed by atoms with Crippen molar-refractivity contribution in [3.63, 3.8) is 0 Å². The van der Waals surface area contributed by atoms with Crippen LogP contribution < -0.4 is 20.6 Å². The van der Waals surface area contributed by atoms with Gasteiger partial charge in [-0.05, 0) is 120 Å². The van der Waals surface area contributed by atoms with Crippen LogP contribution in [0.15, 0.2) is 164 Å². The standard InChI is InChI=1S/C57H45BN2/c1-34-32-42-41-31-30-40-39-18-7-10-19-43(39)56(5,6)51(40)53(41)60(36-28-26-35(27-29-36)55(2,3)4)58-48-24-15-23-47-54(48)59(50(33-34)52(42)58)49-25-14-13-22-46(49)57(47)44-20-11-8-16-37(44)38-17-9-12-21-45(38)57/h7-33H,1-6H3. The lowest BCUT2D eigenvalue weighted by Crippen LogP contribution is -2.63. The van der Waals surface area contributed by atoms with Crippen molar-refractivity contribution >= 4 is 46.2 Å². The van der Waals surface area contributed by atoms with Crippen LogP contribution in [0.1, 0.15) is 79.1 Å². The molecule has 3 heteroatoms. The molecular weight excluding hydrogens is 723 g/mol. The van der Waals surface area contributed by atoms with Gasteiger partial charge in [-0.3, -0.25) is 0 Å². The fourth-order valence-corrected chi connectivity index (χ4v) is 12.4. The molecule has 3 heterocycles. The van der Waals surface area contributed by atoms with Gasteiger partial charge in [0.1, 0.15) is 0 Å². The zero-order valence-electron chi connectivity index (χ0n) is 35.1. The summed E-state index contributed by atoms with van der Waals surface area (Å²) >= 11 is 0. The van der Waals surface area contributed by atoms with Crippen LogP contribution in [0.3, 0.4) is 0 Å². The topological polar surface area (TPSA) is 6.48 Å². The number of aryl methyl sites for hydroxylation is 1. The Hall–Kier alpha value is -6.58. The Balaban J connectivity index is 1.18. The van der Waals surface area contributed by atoms with Gasteiger partial charge in [0, 0.05) is 33.7 Å². The third-order valence-electron chi connectivity index (χ3n) is 14.8. The summed E-state index contributed by atoms with van der Waals surface area (Å²) in [6, 6.07) is 63.3. The van der Waals surface area contributed by atoms with Gasteiger partial charge in [-0.1, -0.05) is 174 Å². The van der Waals surface area contributed by atoms with Crippen LogP contribution in [0.2, 0.25) is 0 Å². The molecule has 0 unspecified atom stereocenters. The molecule has 0 saturated heterocycles. The SMILES string of the molecule is Cc1cc2c3c(c1)N1c4ccccc4C4(c5ccccc5-c5ccccc54)c4cccc(c41)B3N(c1ccc(C(C)(C)C)cc1)c1c-2ccc2c1C(C)(C)c1ccccc1-2. The summed E-state index contributed by atoms with van der Waals surface area (Å²) in [6.07, 6.45) is 0. The summed E-state index contributed by atoms with van der Waals surface area (Å²) in [5.41, 5.74) is 27.3. The molecular formula is C57H45BN2. The molecule has 0 atom stereocenters. The van der Waals surface area contributed by atoms with Crippen molar-refractivity contribution in [1.82, 2.24) is 0 Å². The second-order valence-electron chi connectivity index (χ2n) is 19.3. The number of hydrogen-bond donors (Lipinski definition) is 0. The summed E-state index contributed by atoms with van der Waals surface area (Å²) in [5.74, 6) is 0. The van der Waals surface area contributed by atoms with Crippen molar-refractivity contribution in [3.8, 4) is 33.4 Å². The maximum Gasteiger partial charge on any atom is 0.333 e. The lowest BCUT2D eigenvalue weighted by Gasteiger charge is -2.52. The maximum atomic E-state index is 2.76. The lowest BCUT2D eigenvalue weighted by atomic mass is 9.42. The average molecular weight is 769 g/mol. The third kappa shape index (κ3) is 4.02. The van der Waals surface area contributed by atoms with Crippen LogP contribution in [0, 0.1) is 6.92 Å². The zero-order valence-corrected chi connectivity index (χ0v) is 35.1. The third-order valence-corrected chi connectivity index (χ3v) is 14.8. The first-order valence-corrected chi connectivity index (χ1v) is 21.6. The first kappa shape index (κ1) is 34.3. The van der Waals surface area contributed by atoms with Crippen LogP contribution in [0.5, 0.6) is 0 Å². The van der Waals surface area contributed by atoms with Gasteiger partial charge >= 0.3 is 6.85 Å². The summed E-state index contributed by atoms with van der Waals surface area (Å²) < 4.78 is 0. The van der Waals surface area contributed by atoms with Gasteiger partial charge in [-0.2, -0.15) is 0 Å². The molecule has 5 aliphatic rings. The molecule has 2 nitrogen and oxygen atoms in total. The van der Waals surface area contributed by atoms with Crippen molar-refractivity contribution in [3.05, 3.63) is 208 Å². The second kappa shape index (κ2) is 11.4. The van der Waals surface area contributed by atoms with Crippen molar-refractivity contribution in [2.75, 3.05) is 9.71 Å². The summed E-state index contributed by atoms with van der Waals surface area (Å²) in [7, 11) is 0. The monoisotopic (exact) mass is 768 g/mol. The molecule has 0 fully saturated rings. The van der Waals surface area contributed by atoms with E-state index in [0.717, 1.165) is 0 Å². The minimum Gasteiger partial charge on any atom is -0.376 e. The first-order valence-electron chi connectivity index (χ1n) is 21.6. The highest BCUT2D eigenvalue weighted by atomic mass is 15.2. The highest BCUT2D eigenvalue weighted by Crippen LogP contribution is 2.65. The first-order chi connectivity index (χ1) is 29.1. The number of rotatable bonds is 1. The number of anilines is 5. The van der Waals surface area contributed by atoms with E-state index in [0.29, 0.717) is 0 Å². The highest BCUT2D eigenvalue weighted by Gasteiger charge is 2.56. The Morgan fingerprint density at radius 3 is 1.75 bits per heavy atom. The van der Waals surface area contributed by atoms with Gasteiger partial charge in [0.15, 0.2) is 0 Å². The highest BCUT2D eigenvalue weighted by molar-refractivity contribution is 6.93. The minimum atomic E-state index is -0.480. The predicted molar refractivity (Wildman–Crippen MR) is 252 cm³/mol. The van der Waals surface area contributed by atoms with E-state index in [9.17, 15) is 0 Å². The number of hydrogen-bond acceptors (Lipinski definition) is 2. The second-order valence-corrected chi connectivity index (χ2v) is 19.3. The van der Waals surface area contributed by atoms with E-state index in [1.165, 1.54) is 117 Å². The molecule has 13 rings (SSSR count). The molecule has 0 bridgehead atoms. The van der Waals surface area contributed by atoms with E-state index in [4.69, 9.17) is 0 Å². The molecule has 1 spiro atoms. The Morgan fingerprint density at radius 2 is 1.07 bits per heavy atom. The zero-order chi connectivity index (χ0) is 40.4. The molecule has 3 aliphatic heterocycles. The smallest absolute Gasteiger partial charge is 0.333 e. The number of nitrogens with zero attached hydrogens (tertiary/aromatic N) is 2. The van der Waals surface area contributed by atoms with E-state index in [2.05, 4.69) is 215 Å². The normalized spacial score (nSPS) is 16.0. The molecule has 286 valence electrons. The molecule has 0 N–H and O–H groups in total. The summed E-state index contributed by atoms with van der Waals surface area (Å²) in [4.78, 5) is 5.41. The van der Waals surface area contributed by atoms with Crippen molar-refractivity contribution in [1.29, 1.82) is 0 Å². The Kier molecular flexibility index (Phi) is 6.50. The maximum absolute atomic E-state index is 2.76. The van der Waals surface area contributed by atoms with Gasteiger partial charge < -0.3 is 9.71 Å². The van der Waals surface area contributed by atoms with E-state index < -0.39 is 5.41 Å². The fraction of sp³-hybridized carbons (Fsp3) is 0.158. The van der Waals surface area contributed by atoms with E-state index in [1.807, 2.05) is 0 Å². The van der Waals surface area contributed by atoms with Crippen LogP contribution >= 0.6 is 0 Å². The van der Waals surface area contributed by atoms with E-state index in [-0.39, 0.29) is 17.7 Å². The number of fused-ring (bicyclic) bond motifs is 17. The Bertz CT molecular complexity index is 3150. The van der Waals surface area contributed by atoms with Gasteiger partial charge in [-0.25, -0.2) is 0 Å². The number of para-hydroxylation sites is 2. The summed E-state index contributed by atoms with van der Waals surface area (Å²) in [6.45, 7) is 14.0. The van der Waals surface area contributed by atoms with Crippen LogP contribution in [-0.4, -0.2) is 6.85 Å². The lowest BCUT2D eigenvalue weighted by molar-refractivity contribution is 0.590. The molecule has 2 aliphatic carbocycles. The average Bonchev–Trinajstić information content (AvgIpc) is 3.68. The molecule has 60 heavy (non-hydrogen) atoms. The molecule has 0 amide bonds. The van der Waals surface area contributed by atoms with Gasteiger partial charge in [0.2, 0.25) is 0 Å². The fourth-order valence-electron chi connectivity index (χ4n) is 12.4. The molecule has 0 radical (unpaired) electrons.